The number of hydrogen-bond donors (Lipinski definition) is 2. The Kier molecular flexibility index (Phi) is 4.03. The number of aromatic nitrogens is 2. The molecule has 2 aromatic rings. The lowest BCUT2D eigenvalue weighted by Crippen LogP contribution is -2.33. The highest BCUT2D eigenvalue weighted by atomic mass is 35.5. The van der Waals surface area contributed by atoms with E-state index in [1.165, 1.54) is 7.05 Å². The Bertz CT molecular complexity index is 707. The van der Waals surface area contributed by atoms with Crippen LogP contribution in [-0.4, -0.2) is 30.1 Å². The summed E-state index contributed by atoms with van der Waals surface area (Å²) in [6.07, 6.45) is 0. The van der Waals surface area contributed by atoms with E-state index in [0.29, 0.717) is 22.1 Å². The molecule has 2 N–H and O–H groups in total. The number of para-hydroxylation sites is 1. The van der Waals surface area contributed by atoms with Gasteiger partial charge in [0, 0.05) is 7.05 Å². The van der Waals surface area contributed by atoms with Gasteiger partial charge in [-0.15, -0.1) is 4.41 Å². The Hall–Kier alpha value is -1.57. The molecule has 0 aliphatic carbocycles. The number of nitrogens with zero attached hydrogens (tertiary/aromatic N) is 2. The van der Waals surface area contributed by atoms with Gasteiger partial charge >= 0.3 is 0 Å². The minimum Gasteiger partial charge on any atom is -0.304 e. The van der Waals surface area contributed by atoms with Gasteiger partial charge in [-0.1, -0.05) is 23.7 Å². The van der Waals surface area contributed by atoms with Crippen molar-refractivity contribution in [2.45, 2.75) is 18.7 Å². The van der Waals surface area contributed by atoms with E-state index in [2.05, 4.69) is 15.6 Å². The van der Waals surface area contributed by atoms with Crippen LogP contribution in [0.2, 0.25) is 5.02 Å². The number of anilines is 1. The summed E-state index contributed by atoms with van der Waals surface area (Å²) >= 11 is 6.00. The molecule has 0 aliphatic rings. The number of aryl methyl sites for hydroxylation is 2. The first-order valence-electron chi connectivity index (χ1n) is 5.85. The third-order valence-electron chi connectivity index (χ3n) is 2.83. The van der Waals surface area contributed by atoms with Crippen molar-refractivity contribution < 1.29 is 8.42 Å². The van der Waals surface area contributed by atoms with Gasteiger partial charge in [-0.05, 0) is 26.0 Å². The highest BCUT2D eigenvalue weighted by Crippen LogP contribution is 2.24. The molecule has 2 rings (SSSR count). The van der Waals surface area contributed by atoms with Crippen molar-refractivity contribution in [3.63, 3.8) is 0 Å². The van der Waals surface area contributed by atoms with E-state index in [1.54, 1.807) is 38.1 Å². The lowest BCUT2D eigenvalue weighted by Gasteiger charge is -2.20. The van der Waals surface area contributed by atoms with Crippen LogP contribution in [0.5, 0.6) is 0 Å². The largest absolute Gasteiger partial charge is 0.304 e. The van der Waals surface area contributed by atoms with Crippen LogP contribution in [0.3, 0.4) is 0 Å². The van der Waals surface area contributed by atoms with Gasteiger partial charge in [-0.3, -0.25) is 5.10 Å². The third kappa shape index (κ3) is 2.65. The molecule has 20 heavy (non-hydrogen) atoms. The van der Waals surface area contributed by atoms with E-state index in [9.17, 15) is 8.42 Å². The van der Waals surface area contributed by atoms with E-state index >= 15 is 0 Å². The topological polar surface area (TPSA) is 78.1 Å². The molecule has 0 atom stereocenters. The first-order chi connectivity index (χ1) is 9.34. The molecule has 0 aliphatic heterocycles. The maximum absolute atomic E-state index is 12.5. The van der Waals surface area contributed by atoms with Crippen molar-refractivity contribution in [3.8, 4) is 0 Å². The van der Waals surface area contributed by atoms with Crippen LogP contribution < -0.4 is 5.43 Å². The van der Waals surface area contributed by atoms with E-state index in [0.717, 1.165) is 4.41 Å². The Morgan fingerprint density at radius 1 is 1.30 bits per heavy atom. The number of H-pyrrole nitrogens is 1. The predicted molar refractivity (Wildman–Crippen MR) is 78.1 cm³/mol. The van der Waals surface area contributed by atoms with Crippen LogP contribution in [0.1, 0.15) is 11.4 Å². The molecule has 0 unspecified atom stereocenters. The molecular formula is C12H15ClN4O2S. The zero-order valence-electron chi connectivity index (χ0n) is 11.3. The number of aromatic amines is 1. The summed E-state index contributed by atoms with van der Waals surface area (Å²) in [7, 11) is -2.28. The lowest BCUT2D eigenvalue weighted by molar-refractivity contribution is 0.515. The van der Waals surface area contributed by atoms with Crippen LogP contribution in [0.15, 0.2) is 29.2 Å². The fraction of sp³-hybridized carbons (Fsp3) is 0.250. The summed E-state index contributed by atoms with van der Waals surface area (Å²) < 4.78 is 26.0. The first kappa shape index (κ1) is 14.8. The Morgan fingerprint density at radius 3 is 2.50 bits per heavy atom. The molecule has 0 fully saturated rings. The molecule has 1 aromatic carbocycles. The molecule has 0 radical (unpaired) electrons. The average molecular weight is 315 g/mol. The molecule has 1 heterocycles. The molecule has 0 bridgehead atoms. The van der Waals surface area contributed by atoms with E-state index < -0.39 is 10.0 Å². The minimum absolute atomic E-state index is 0.166. The molecule has 108 valence electrons. The number of hydrogen-bond acceptors (Lipinski definition) is 4. The van der Waals surface area contributed by atoms with E-state index in [-0.39, 0.29) is 4.90 Å². The number of halogens is 1. The van der Waals surface area contributed by atoms with Crippen LogP contribution in [0, 0.1) is 13.8 Å². The second-order valence-corrected chi connectivity index (χ2v) is 6.64. The van der Waals surface area contributed by atoms with Crippen molar-refractivity contribution in [2.75, 3.05) is 12.5 Å². The number of rotatable bonds is 4. The third-order valence-corrected chi connectivity index (χ3v) is 5.09. The van der Waals surface area contributed by atoms with Crippen molar-refractivity contribution in [1.82, 2.24) is 14.6 Å². The minimum atomic E-state index is -3.70. The van der Waals surface area contributed by atoms with Gasteiger partial charge in [0.25, 0.3) is 10.0 Å². The second-order valence-electron chi connectivity index (χ2n) is 4.33. The standard InChI is InChI=1S/C12H15ClN4O2S/c1-8-12(9(2)15-14-8)20(18,19)17(3)16-11-7-5-4-6-10(11)13/h4-7,16H,1-3H3,(H,14,15). The maximum Gasteiger partial charge on any atom is 0.263 e. The first-order valence-corrected chi connectivity index (χ1v) is 7.67. The smallest absolute Gasteiger partial charge is 0.263 e. The molecule has 6 nitrogen and oxygen atoms in total. The average Bonchev–Trinajstić information content (AvgIpc) is 2.72. The summed E-state index contributed by atoms with van der Waals surface area (Å²) in [6.45, 7) is 3.30. The SMILES string of the molecule is Cc1n[nH]c(C)c1S(=O)(=O)N(C)Nc1ccccc1Cl. The molecule has 0 saturated carbocycles. The van der Waals surface area contributed by atoms with Crippen molar-refractivity contribution in [3.05, 3.63) is 40.7 Å². The normalized spacial score (nSPS) is 11.8. The zero-order valence-corrected chi connectivity index (χ0v) is 12.9. The maximum atomic E-state index is 12.5. The van der Waals surface area contributed by atoms with E-state index in [1.807, 2.05) is 0 Å². The lowest BCUT2D eigenvalue weighted by atomic mass is 10.3. The molecule has 8 heteroatoms. The van der Waals surface area contributed by atoms with Crippen molar-refractivity contribution >= 4 is 27.3 Å². The Morgan fingerprint density at radius 2 is 1.95 bits per heavy atom. The Labute approximate surface area is 122 Å². The highest BCUT2D eigenvalue weighted by Gasteiger charge is 2.27. The fourth-order valence-electron chi connectivity index (χ4n) is 1.84. The van der Waals surface area contributed by atoms with Gasteiger partial charge in [0.05, 0.1) is 22.1 Å². The molecule has 1 aromatic heterocycles. The van der Waals surface area contributed by atoms with Gasteiger partial charge in [0.1, 0.15) is 4.90 Å². The van der Waals surface area contributed by atoms with Crippen molar-refractivity contribution in [2.24, 2.45) is 0 Å². The summed E-state index contributed by atoms with van der Waals surface area (Å²) in [5, 5.41) is 7.01. The Balaban J connectivity index is 2.34. The summed E-state index contributed by atoms with van der Waals surface area (Å²) in [4.78, 5) is 0.166. The van der Waals surface area contributed by atoms with E-state index in [4.69, 9.17) is 11.6 Å². The fourth-order valence-corrected chi connectivity index (χ4v) is 3.36. The number of benzene rings is 1. The molecular weight excluding hydrogens is 300 g/mol. The van der Waals surface area contributed by atoms with Crippen LogP contribution >= 0.6 is 11.6 Å². The molecule has 0 amide bonds. The highest BCUT2D eigenvalue weighted by molar-refractivity contribution is 7.89. The monoisotopic (exact) mass is 314 g/mol. The molecule has 0 spiro atoms. The van der Waals surface area contributed by atoms with Gasteiger partial charge in [-0.25, -0.2) is 8.42 Å². The van der Waals surface area contributed by atoms with Gasteiger partial charge < -0.3 is 5.43 Å². The zero-order chi connectivity index (χ0) is 14.9. The van der Waals surface area contributed by atoms with Crippen molar-refractivity contribution in [1.29, 1.82) is 0 Å². The van der Waals surface area contributed by atoms with Gasteiger partial charge in [0.15, 0.2) is 0 Å². The molecule has 0 saturated heterocycles. The summed E-state index contributed by atoms with van der Waals surface area (Å²) in [5.74, 6) is 0. The van der Waals surface area contributed by atoms with Crippen LogP contribution in [0.25, 0.3) is 0 Å². The quantitative estimate of drug-likeness (QED) is 0.849. The van der Waals surface area contributed by atoms with Crippen LogP contribution in [-0.2, 0) is 10.0 Å². The second kappa shape index (κ2) is 5.43. The number of nitrogens with one attached hydrogen (secondary N) is 2. The van der Waals surface area contributed by atoms with Crippen LogP contribution in [0.4, 0.5) is 5.69 Å². The van der Waals surface area contributed by atoms with Gasteiger partial charge in [-0.2, -0.15) is 5.10 Å². The number of sulfonamides is 1. The van der Waals surface area contributed by atoms with Gasteiger partial charge in [0.2, 0.25) is 0 Å². The summed E-state index contributed by atoms with van der Waals surface area (Å²) in [6, 6.07) is 6.91. The predicted octanol–water partition coefficient (Wildman–Crippen LogP) is 2.33. The number of hydrazine groups is 1. The summed E-state index contributed by atoms with van der Waals surface area (Å²) in [5.41, 5.74) is 4.20.